The summed E-state index contributed by atoms with van der Waals surface area (Å²) in [6, 6.07) is 3.19. The van der Waals surface area contributed by atoms with Crippen molar-refractivity contribution in [3.63, 3.8) is 0 Å². The number of carbonyl (C=O) groups is 1. The molecule has 6 heteroatoms. The third-order valence-electron chi connectivity index (χ3n) is 1.60. The monoisotopic (exact) mass is 189 g/mol. The quantitative estimate of drug-likeness (QED) is 0.706. The molecule has 0 saturated carbocycles. The molecule has 14 heavy (non-hydrogen) atoms. The van der Waals surface area contributed by atoms with Gasteiger partial charge in [-0.2, -0.15) is 5.10 Å². The summed E-state index contributed by atoms with van der Waals surface area (Å²) in [5, 5.41) is 3.93. The Hall–Kier alpha value is -2.24. The van der Waals surface area contributed by atoms with Gasteiger partial charge in [-0.25, -0.2) is 14.6 Å². The van der Waals surface area contributed by atoms with Gasteiger partial charge < -0.3 is 5.73 Å². The Morgan fingerprint density at radius 3 is 2.93 bits per heavy atom. The minimum atomic E-state index is -0.583. The second-order valence-electron chi connectivity index (χ2n) is 2.56. The molecule has 70 valence electrons. The molecule has 0 aliphatic heterocycles. The van der Waals surface area contributed by atoms with E-state index in [9.17, 15) is 4.79 Å². The van der Waals surface area contributed by atoms with Crippen LogP contribution in [0.1, 0.15) is 10.5 Å². The lowest BCUT2D eigenvalue weighted by Gasteiger charge is -1.99. The molecule has 2 aromatic heterocycles. The van der Waals surface area contributed by atoms with E-state index in [0.717, 1.165) is 0 Å². The van der Waals surface area contributed by atoms with Gasteiger partial charge in [0.25, 0.3) is 11.9 Å². The second kappa shape index (κ2) is 3.25. The van der Waals surface area contributed by atoms with Gasteiger partial charge >= 0.3 is 0 Å². The number of primary amides is 1. The Kier molecular flexibility index (Phi) is 1.94. The van der Waals surface area contributed by atoms with Crippen LogP contribution in [0.15, 0.2) is 30.7 Å². The van der Waals surface area contributed by atoms with Gasteiger partial charge in [-0.3, -0.25) is 4.79 Å². The van der Waals surface area contributed by atoms with Gasteiger partial charge in [0.15, 0.2) is 0 Å². The average molecular weight is 189 g/mol. The van der Waals surface area contributed by atoms with Crippen molar-refractivity contribution in [2.75, 3.05) is 0 Å². The van der Waals surface area contributed by atoms with Gasteiger partial charge in [0.1, 0.15) is 5.69 Å². The predicted molar refractivity (Wildman–Crippen MR) is 47.7 cm³/mol. The molecule has 0 saturated heterocycles. The van der Waals surface area contributed by atoms with Gasteiger partial charge in [0.2, 0.25) is 0 Å². The number of aromatic nitrogens is 4. The van der Waals surface area contributed by atoms with Crippen LogP contribution in [0.4, 0.5) is 0 Å². The highest BCUT2D eigenvalue weighted by Gasteiger charge is 2.05. The summed E-state index contributed by atoms with van der Waals surface area (Å²) in [4.78, 5) is 18.7. The van der Waals surface area contributed by atoms with Crippen LogP contribution in [0.2, 0.25) is 0 Å². The van der Waals surface area contributed by atoms with Crippen LogP contribution in [-0.2, 0) is 0 Å². The van der Waals surface area contributed by atoms with E-state index in [1.807, 2.05) is 0 Å². The van der Waals surface area contributed by atoms with Crippen molar-refractivity contribution < 1.29 is 4.79 Å². The highest BCUT2D eigenvalue weighted by Crippen LogP contribution is 1.99. The van der Waals surface area contributed by atoms with E-state index < -0.39 is 5.91 Å². The molecule has 0 fully saturated rings. The van der Waals surface area contributed by atoms with E-state index in [1.54, 1.807) is 18.5 Å². The van der Waals surface area contributed by atoms with Crippen LogP contribution in [0.3, 0.4) is 0 Å². The average Bonchev–Trinajstić information content (AvgIpc) is 2.71. The molecule has 0 bridgehead atoms. The third-order valence-corrected chi connectivity index (χ3v) is 1.60. The Morgan fingerprint density at radius 1 is 1.43 bits per heavy atom. The molecule has 6 nitrogen and oxygen atoms in total. The molecule has 2 aromatic rings. The third kappa shape index (κ3) is 1.45. The standard InChI is InChI=1S/C8H7N5O/c9-7(14)6-2-4-10-8(12-6)13-5-1-3-11-13/h1-5H,(H2,9,14). The molecule has 0 unspecified atom stereocenters. The molecule has 1 amide bonds. The molecular formula is C8H7N5O. The van der Waals surface area contributed by atoms with E-state index in [1.165, 1.54) is 16.9 Å². The van der Waals surface area contributed by atoms with Crippen molar-refractivity contribution in [1.82, 2.24) is 19.7 Å². The van der Waals surface area contributed by atoms with Crippen LogP contribution in [0, 0.1) is 0 Å². The SMILES string of the molecule is NC(=O)c1ccnc(-n2cccn2)n1. The molecule has 2 N–H and O–H groups in total. The van der Waals surface area contributed by atoms with Crippen molar-refractivity contribution >= 4 is 5.91 Å². The summed E-state index contributed by atoms with van der Waals surface area (Å²) in [6.45, 7) is 0. The van der Waals surface area contributed by atoms with E-state index in [2.05, 4.69) is 15.1 Å². The number of carbonyl (C=O) groups excluding carboxylic acids is 1. The summed E-state index contributed by atoms with van der Waals surface area (Å²) in [7, 11) is 0. The Labute approximate surface area is 79.4 Å². The molecule has 0 aliphatic carbocycles. The van der Waals surface area contributed by atoms with Crippen molar-refractivity contribution in [1.29, 1.82) is 0 Å². The molecule has 0 spiro atoms. The Balaban J connectivity index is 2.46. The summed E-state index contributed by atoms with van der Waals surface area (Å²) in [5.41, 5.74) is 5.25. The zero-order valence-electron chi connectivity index (χ0n) is 7.16. The van der Waals surface area contributed by atoms with E-state index in [4.69, 9.17) is 5.73 Å². The summed E-state index contributed by atoms with van der Waals surface area (Å²) in [5.74, 6) is -0.257. The lowest BCUT2D eigenvalue weighted by Crippen LogP contribution is -2.15. The first kappa shape index (κ1) is 8.36. The van der Waals surface area contributed by atoms with Crippen LogP contribution < -0.4 is 5.73 Å². The number of nitrogens with zero attached hydrogens (tertiary/aromatic N) is 4. The van der Waals surface area contributed by atoms with Crippen molar-refractivity contribution in [3.05, 3.63) is 36.4 Å². The number of nitrogens with two attached hydrogens (primary N) is 1. The van der Waals surface area contributed by atoms with Crippen molar-refractivity contribution in [2.24, 2.45) is 5.73 Å². The largest absolute Gasteiger partial charge is 0.364 e. The van der Waals surface area contributed by atoms with Gasteiger partial charge in [-0.1, -0.05) is 0 Å². The van der Waals surface area contributed by atoms with Gasteiger partial charge in [0, 0.05) is 18.6 Å². The lowest BCUT2D eigenvalue weighted by atomic mass is 10.4. The zero-order valence-corrected chi connectivity index (χ0v) is 7.16. The molecule has 2 rings (SSSR count). The smallest absolute Gasteiger partial charge is 0.267 e. The van der Waals surface area contributed by atoms with E-state index in [-0.39, 0.29) is 5.69 Å². The van der Waals surface area contributed by atoms with Crippen LogP contribution in [0.5, 0.6) is 0 Å². The zero-order chi connectivity index (χ0) is 9.97. The lowest BCUT2D eigenvalue weighted by molar-refractivity contribution is 0.0995. The van der Waals surface area contributed by atoms with Crippen molar-refractivity contribution in [2.45, 2.75) is 0 Å². The summed E-state index contributed by atoms with van der Waals surface area (Å²) >= 11 is 0. The van der Waals surface area contributed by atoms with E-state index in [0.29, 0.717) is 5.95 Å². The van der Waals surface area contributed by atoms with E-state index >= 15 is 0 Å². The first-order valence-corrected chi connectivity index (χ1v) is 3.90. The van der Waals surface area contributed by atoms with Gasteiger partial charge in [-0.15, -0.1) is 0 Å². The first-order chi connectivity index (χ1) is 6.77. The number of rotatable bonds is 2. The fraction of sp³-hybridized carbons (Fsp3) is 0. The van der Waals surface area contributed by atoms with Crippen molar-refractivity contribution in [3.8, 4) is 5.95 Å². The number of amides is 1. The number of hydrogen-bond acceptors (Lipinski definition) is 4. The van der Waals surface area contributed by atoms with Gasteiger partial charge in [-0.05, 0) is 12.1 Å². The first-order valence-electron chi connectivity index (χ1n) is 3.90. The molecular weight excluding hydrogens is 182 g/mol. The van der Waals surface area contributed by atoms with Gasteiger partial charge in [0.05, 0.1) is 0 Å². The maximum Gasteiger partial charge on any atom is 0.267 e. The fourth-order valence-corrected chi connectivity index (χ4v) is 0.983. The minimum absolute atomic E-state index is 0.172. The topological polar surface area (TPSA) is 86.7 Å². The second-order valence-corrected chi connectivity index (χ2v) is 2.56. The Morgan fingerprint density at radius 2 is 2.29 bits per heavy atom. The molecule has 0 atom stereocenters. The molecule has 2 heterocycles. The predicted octanol–water partition coefficient (Wildman–Crippen LogP) is -0.239. The normalized spacial score (nSPS) is 10.0. The minimum Gasteiger partial charge on any atom is -0.364 e. The fourth-order valence-electron chi connectivity index (χ4n) is 0.983. The molecule has 0 aromatic carbocycles. The highest BCUT2D eigenvalue weighted by molar-refractivity contribution is 5.90. The van der Waals surface area contributed by atoms with Crippen LogP contribution >= 0.6 is 0 Å². The summed E-state index contributed by atoms with van der Waals surface area (Å²) < 4.78 is 1.45. The maximum atomic E-state index is 10.8. The summed E-state index contributed by atoms with van der Waals surface area (Å²) in [6.07, 6.45) is 4.74. The molecule has 0 radical (unpaired) electrons. The van der Waals surface area contributed by atoms with Crippen LogP contribution in [0.25, 0.3) is 5.95 Å². The molecule has 0 aliphatic rings. The highest BCUT2D eigenvalue weighted by atomic mass is 16.1. The number of hydrogen-bond donors (Lipinski definition) is 1. The Bertz CT molecular complexity index is 451. The maximum absolute atomic E-state index is 10.8. The van der Waals surface area contributed by atoms with Crippen LogP contribution in [-0.4, -0.2) is 25.7 Å².